The molecule has 2 aliphatic rings. The van der Waals surface area contributed by atoms with Crippen LogP contribution in [0, 0.1) is 0 Å². The molecule has 0 aliphatic carbocycles. The van der Waals surface area contributed by atoms with Crippen molar-refractivity contribution in [3.63, 3.8) is 0 Å². The number of hydrogen-bond donors (Lipinski definition) is 2. The molecule has 1 aromatic rings. The maximum atomic E-state index is 12.3. The number of anilines is 1. The summed E-state index contributed by atoms with van der Waals surface area (Å²) in [5.41, 5.74) is 2.35. The fourth-order valence-electron chi connectivity index (χ4n) is 3.23. The molecule has 22 heavy (non-hydrogen) atoms. The Morgan fingerprint density at radius 3 is 2.59 bits per heavy atom. The number of aliphatic hydroxyl groups is 1. The number of hydrogen-bond acceptors (Lipinski definition) is 3. The van der Waals surface area contributed by atoms with E-state index in [9.17, 15) is 14.7 Å². The number of ketones is 1. The fraction of sp³-hybridized carbons (Fsp3) is 0.529. The van der Waals surface area contributed by atoms with E-state index in [1.54, 1.807) is 4.90 Å². The van der Waals surface area contributed by atoms with Crippen molar-refractivity contribution in [1.29, 1.82) is 0 Å². The second-order valence-electron chi connectivity index (χ2n) is 6.63. The number of amides is 1. The minimum Gasteiger partial charge on any atom is -0.393 e. The molecule has 1 fully saturated rings. The number of carbonyl (C=O) groups excluding carboxylic acids is 2. The first-order chi connectivity index (χ1) is 10.5. The topological polar surface area (TPSA) is 62.0 Å². The number of Topliss-reactive ketones (excluding diaryl/α,β-unsaturated/α-hetero) is 1. The van der Waals surface area contributed by atoms with E-state index in [2.05, 4.69) is 13.8 Å². The highest BCUT2D eigenvalue weighted by Crippen LogP contribution is 2.31. The first kappa shape index (κ1) is 15.2. The van der Waals surface area contributed by atoms with Gasteiger partial charge in [0.2, 0.25) is 0 Å². The summed E-state index contributed by atoms with van der Waals surface area (Å²) >= 11 is 0. The van der Waals surface area contributed by atoms with E-state index in [1.165, 1.54) is 4.90 Å². The van der Waals surface area contributed by atoms with Crippen LogP contribution >= 0.6 is 0 Å². The van der Waals surface area contributed by atoms with Gasteiger partial charge >= 0.3 is 5.91 Å². The Balaban J connectivity index is 1.82. The minimum absolute atomic E-state index is 0.222. The van der Waals surface area contributed by atoms with Gasteiger partial charge in [-0.3, -0.25) is 14.5 Å². The zero-order valence-electron chi connectivity index (χ0n) is 13.1. The lowest BCUT2D eigenvalue weighted by Crippen LogP contribution is -3.15. The molecule has 1 aromatic carbocycles. The van der Waals surface area contributed by atoms with Crippen molar-refractivity contribution in [3.05, 3.63) is 29.3 Å². The van der Waals surface area contributed by atoms with E-state index in [1.807, 2.05) is 18.2 Å². The van der Waals surface area contributed by atoms with Crippen molar-refractivity contribution in [2.45, 2.75) is 38.7 Å². The van der Waals surface area contributed by atoms with Gasteiger partial charge in [-0.1, -0.05) is 19.9 Å². The van der Waals surface area contributed by atoms with Crippen LogP contribution in [0.4, 0.5) is 5.69 Å². The average Bonchev–Trinajstić information content (AvgIpc) is 2.74. The zero-order chi connectivity index (χ0) is 15.9. The molecular formula is C17H23N2O3+. The summed E-state index contributed by atoms with van der Waals surface area (Å²) in [6, 6.07) is 5.75. The Bertz CT molecular complexity index is 604. The van der Waals surface area contributed by atoms with Crippen LogP contribution in [0.2, 0.25) is 0 Å². The molecule has 5 heteroatoms. The summed E-state index contributed by atoms with van der Waals surface area (Å²) in [6.07, 6.45) is 1.29. The third-order valence-corrected chi connectivity index (χ3v) is 4.71. The molecule has 118 valence electrons. The lowest BCUT2D eigenvalue weighted by Gasteiger charge is -2.29. The molecule has 2 N–H and O–H groups in total. The second kappa shape index (κ2) is 5.82. The molecule has 0 radical (unpaired) electrons. The van der Waals surface area contributed by atoms with Crippen molar-refractivity contribution >= 4 is 17.4 Å². The van der Waals surface area contributed by atoms with Crippen LogP contribution in [0.3, 0.4) is 0 Å². The van der Waals surface area contributed by atoms with Gasteiger partial charge in [0.05, 0.1) is 30.4 Å². The molecule has 0 unspecified atom stereocenters. The van der Waals surface area contributed by atoms with Crippen LogP contribution in [-0.2, 0) is 4.79 Å². The SMILES string of the molecule is CC(C)c1ccc2c(c1)C(=O)C(=O)N2C[NH+]1CCC(O)CC1. The van der Waals surface area contributed by atoms with Crippen molar-refractivity contribution in [1.82, 2.24) is 0 Å². The quantitative estimate of drug-likeness (QED) is 0.792. The summed E-state index contributed by atoms with van der Waals surface area (Å²) in [4.78, 5) is 27.4. The van der Waals surface area contributed by atoms with E-state index >= 15 is 0 Å². The molecule has 1 saturated heterocycles. The predicted octanol–water partition coefficient (Wildman–Crippen LogP) is 0.336. The Hall–Kier alpha value is -1.72. The molecule has 0 atom stereocenters. The predicted molar refractivity (Wildman–Crippen MR) is 83.2 cm³/mol. The number of nitrogens with zero attached hydrogens (tertiary/aromatic N) is 1. The van der Waals surface area contributed by atoms with Gasteiger partial charge in [0, 0.05) is 12.8 Å². The number of piperidine rings is 1. The molecule has 2 aliphatic heterocycles. The Kier molecular flexibility index (Phi) is 4.02. The largest absolute Gasteiger partial charge is 0.393 e. The molecule has 0 saturated carbocycles. The molecule has 0 bridgehead atoms. The van der Waals surface area contributed by atoms with Crippen LogP contribution < -0.4 is 9.80 Å². The van der Waals surface area contributed by atoms with Gasteiger partial charge in [0.15, 0.2) is 6.67 Å². The molecule has 5 nitrogen and oxygen atoms in total. The van der Waals surface area contributed by atoms with Gasteiger partial charge < -0.3 is 10.0 Å². The van der Waals surface area contributed by atoms with Crippen LogP contribution in [-0.4, -0.2) is 42.7 Å². The number of quaternary nitrogens is 1. The second-order valence-corrected chi connectivity index (χ2v) is 6.63. The number of rotatable bonds is 3. The first-order valence-corrected chi connectivity index (χ1v) is 7.99. The lowest BCUT2D eigenvalue weighted by atomic mass is 9.99. The average molecular weight is 303 g/mol. The van der Waals surface area contributed by atoms with Gasteiger partial charge in [-0.05, 0) is 23.6 Å². The van der Waals surface area contributed by atoms with Crippen LogP contribution in [0.1, 0.15) is 48.5 Å². The lowest BCUT2D eigenvalue weighted by molar-refractivity contribution is -0.904. The van der Waals surface area contributed by atoms with Crippen molar-refractivity contribution in [2.24, 2.45) is 0 Å². The van der Waals surface area contributed by atoms with E-state index in [0.717, 1.165) is 37.2 Å². The van der Waals surface area contributed by atoms with E-state index in [-0.39, 0.29) is 6.10 Å². The van der Waals surface area contributed by atoms with Gasteiger partial charge in [-0.15, -0.1) is 0 Å². The van der Waals surface area contributed by atoms with Crippen molar-refractivity contribution in [2.75, 3.05) is 24.7 Å². The summed E-state index contributed by atoms with van der Waals surface area (Å²) in [5, 5.41) is 9.57. The van der Waals surface area contributed by atoms with Gasteiger partial charge in [-0.2, -0.15) is 0 Å². The molecule has 1 amide bonds. The Morgan fingerprint density at radius 2 is 1.95 bits per heavy atom. The third-order valence-electron chi connectivity index (χ3n) is 4.71. The summed E-state index contributed by atoms with van der Waals surface area (Å²) < 4.78 is 0. The van der Waals surface area contributed by atoms with Crippen molar-refractivity contribution in [3.8, 4) is 0 Å². The highest BCUT2D eigenvalue weighted by molar-refractivity contribution is 6.52. The number of fused-ring (bicyclic) bond motifs is 1. The third kappa shape index (κ3) is 2.66. The molecule has 2 heterocycles. The van der Waals surface area contributed by atoms with Crippen molar-refractivity contribution < 1.29 is 19.6 Å². The Morgan fingerprint density at radius 1 is 1.27 bits per heavy atom. The van der Waals surface area contributed by atoms with E-state index < -0.39 is 11.7 Å². The molecular weight excluding hydrogens is 280 g/mol. The van der Waals surface area contributed by atoms with Crippen LogP contribution in [0.25, 0.3) is 0 Å². The fourth-order valence-corrected chi connectivity index (χ4v) is 3.23. The normalized spacial score (nSPS) is 25.0. The van der Waals surface area contributed by atoms with E-state index in [4.69, 9.17) is 0 Å². The summed E-state index contributed by atoms with van der Waals surface area (Å²) in [6.45, 7) is 6.32. The highest BCUT2D eigenvalue weighted by atomic mass is 16.3. The number of nitrogens with one attached hydrogen (secondary N) is 1. The number of benzene rings is 1. The molecule has 0 aromatic heterocycles. The standard InChI is InChI=1S/C17H22N2O3/c1-11(2)12-3-4-15-14(9-12)16(21)17(22)19(15)10-18-7-5-13(20)6-8-18/h3-4,9,11,13,20H,5-8,10H2,1-2H3/p+1. The summed E-state index contributed by atoms with van der Waals surface area (Å²) in [7, 11) is 0. The molecule has 0 spiro atoms. The number of likely N-dealkylation sites (tertiary alicyclic amines) is 1. The number of aliphatic hydroxyl groups excluding tert-OH is 1. The monoisotopic (exact) mass is 303 g/mol. The molecule has 3 rings (SSSR count). The van der Waals surface area contributed by atoms with Gasteiger partial charge in [0.25, 0.3) is 5.78 Å². The Labute approximate surface area is 130 Å². The smallest absolute Gasteiger partial charge is 0.303 e. The highest BCUT2D eigenvalue weighted by Gasteiger charge is 2.38. The maximum absolute atomic E-state index is 12.3. The van der Waals surface area contributed by atoms with Gasteiger partial charge in [0.1, 0.15) is 0 Å². The van der Waals surface area contributed by atoms with E-state index in [0.29, 0.717) is 18.2 Å². The van der Waals surface area contributed by atoms with Gasteiger partial charge in [-0.25, -0.2) is 0 Å². The minimum atomic E-state index is -0.422. The van der Waals surface area contributed by atoms with Crippen LogP contribution in [0.5, 0.6) is 0 Å². The zero-order valence-corrected chi connectivity index (χ0v) is 13.1. The number of carbonyl (C=O) groups is 2. The maximum Gasteiger partial charge on any atom is 0.303 e. The summed E-state index contributed by atoms with van der Waals surface area (Å²) in [5.74, 6) is -0.486. The first-order valence-electron chi connectivity index (χ1n) is 7.99. The van der Waals surface area contributed by atoms with Crippen LogP contribution in [0.15, 0.2) is 18.2 Å².